The Labute approximate surface area is 158 Å². The van der Waals surface area contributed by atoms with E-state index in [-0.39, 0.29) is 18.2 Å². The molecule has 144 valence electrons. The molecule has 2 aromatic heterocycles. The summed E-state index contributed by atoms with van der Waals surface area (Å²) in [5.74, 6) is 1.98. The van der Waals surface area contributed by atoms with Crippen LogP contribution in [0.25, 0.3) is 0 Å². The predicted molar refractivity (Wildman–Crippen MR) is 98.8 cm³/mol. The molecule has 2 atom stereocenters. The van der Waals surface area contributed by atoms with Gasteiger partial charge in [0, 0.05) is 32.2 Å². The maximum Gasteiger partial charge on any atom is 0.137 e. The van der Waals surface area contributed by atoms with Crippen molar-refractivity contribution in [2.45, 2.75) is 37.5 Å². The van der Waals surface area contributed by atoms with E-state index in [0.29, 0.717) is 13.2 Å². The Bertz CT molecular complexity index is 734. The second-order valence-corrected chi connectivity index (χ2v) is 7.46. The van der Waals surface area contributed by atoms with Crippen LogP contribution in [0.2, 0.25) is 0 Å². The standard InChI is InChI=1S/C18H25N7O2/c1-2-4-23(5-3-1)17-6-18(21-12-20-17)24-7-15-16(8-24)27-10-14(9-26-15)25-13-19-11-22-25/h6,11-16H,1-5,7-10H2/t15-,16-/m0/s1. The van der Waals surface area contributed by atoms with Gasteiger partial charge < -0.3 is 19.3 Å². The number of hydrogen-bond acceptors (Lipinski definition) is 8. The lowest BCUT2D eigenvalue weighted by Crippen LogP contribution is -2.31. The molecule has 9 heteroatoms. The highest BCUT2D eigenvalue weighted by molar-refractivity contribution is 5.51. The van der Waals surface area contributed by atoms with E-state index < -0.39 is 0 Å². The van der Waals surface area contributed by atoms with Gasteiger partial charge in [0.2, 0.25) is 0 Å². The minimum atomic E-state index is 0.0481. The first-order valence-corrected chi connectivity index (χ1v) is 9.76. The molecule has 3 aliphatic rings. The van der Waals surface area contributed by atoms with Crippen LogP contribution in [-0.2, 0) is 9.47 Å². The van der Waals surface area contributed by atoms with E-state index in [2.05, 4.69) is 35.9 Å². The smallest absolute Gasteiger partial charge is 0.137 e. The van der Waals surface area contributed by atoms with Gasteiger partial charge in [0.25, 0.3) is 0 Å². The SMILES string of the molecule is c1nc(N2CCCCC2)cc(N2C[C@@H]3OCC(n4cncn4)CO[C@H]3C2)n1. The number of ether oxygens (including phenoxy) is 2. The molecule has 0 amide bonds. The van der Waals surface area contributed by atoms with E-state index >= 15 is 0 Å². The van der Waals surface area contributed by atoms with Crippen LogP contribution in [-0.4, -0.2) is 76.3 Å². The Morgan fingerprint density at radius 1 is 0.852 bits per heavy atom. The highest BCUT2D eigenvalue weighted by Crippen LogP contribution is 2.28. The molecule has 3 aliphatic heterocycles. The van der Waals surface area contributed by atoms with Crippen molar-refractivity contribution in [1.29, 1.82) is 0 Å². The van der Waals surface area contributed by atoms with Gasteiger partial charge >= 0.3 is 0 Å². The third-order valence-corrected chi connectivity index (χ3v) is 5.67. The maximum absolute atomic E-state index is 6.15. The van der Waals surface area contributed by atoms with Crippen molar-refractivity contribution in [1.82, 2.24) is 24.7 Å². The first-order chi connectivity index (χ1) is 13.4. The van der Waals surface area contributed by atoms with Crippen LogP contribution in [0, 0.1) is 0 Å². The quantitative estimate of drug-likeness (QED) is 0.787. The van der Waals surface area contributed by atoms with E-state index in [0.717, 1.165) is 37.8 Å². The van der Waals surface area contributed by atoms with Crippen LogP contribution in [0.1, 0.15) is 25.3 Å². The Kier molecular flexibility index (Phi) is 4.62. The minimum Gasteiger partial charge on any atom is -0.371 e. The van der Waals surface area contributed by atoms with Gasteiger partial charge in [0.1, 0.15) is 48.9 Å². The lowest BCUT2D eigenvalue weighted by molar-refractivity contribution is -0.00461. The molecule has 27 heavy (non-hydrogen) atoms. The highest BCUT2D eigenvalue weighted by atomic mass is 16.6. The fourth-order valence-corrected chi connectivity index (χ4v) is 4.13. The monoisotopic (exact) mass is 371 g/mol. The molecule has 0 unspecified atom stereocenters. The number of hydrogen-bond donors (Lipinski definition) is 0. The molecule has 0 N–H and O–H groups in total. The maximum atomic E-state index is 6.15. The molecule has 2 aromatic rings. The van der Waals surface area contributed by atoms with Crippen molar-refractivity contribution in [2.75, 3.05) is 49.2 Å². The van der Waals surface area contributed by atoms with Crippen LogP contribution >= 0.6 is 0 Å². The summed E-state index contributed by atoms with van der Waals surface area (Å²) in [6, 6.07) is 2.19. The van der Waals surface area contributed by atoms with Crippen molar-refractivity contribution in [2.24, 2.45) is 0 Å². The third-order valence-electron chi connectivity index (χ3n) is 5.67. The molecule has 0 bridgehead atoms. The summed E-state index contributed by atoms with van der Waals surface area (Å²) in [5, 5.41) is 4.21. The van der Waals surface area contributed by atoms with Gasteiger partial charge in [-0.1, -0.05) is 0 Å². The molecular weight excluding hydrogens is 346 g/mol. The van der Waals surface area contributed by atoms with Crippen LogP contribution in [0.4, 0.5) is 11.6 Å². The van der Waals surface area contributed by atoms with Crippen LogP contribution in [0.5, 0.6) is 0 Å². The molecule has 3 fully saturated rings. The number of fused-ring (bicyclic) bond motifs is 1. The molecule has 5 rings (SSSR count). The van der Waals surface area contributed by atoms with Gasteiger partial charge in [0.05, 0.1) is 13.2 Å². The third kappa shape index (κ3) is 3.49. The summed E-state index contributed by atoms with van der Waals surface area (Å²) in [6.07, 6.45) is 8.82. The Morgan fingerprint density at radius 3 is 2.22 bits per heavy atom. The highest BCUT2D eigenvalue weighted by Gasteiger charge is 2.38. The average Bonchev–Trinajstić information content (AvgIpc) is 3.36. The molecule has 0 aromatic carbocycles. The first kappa shape index (κ1) is 16.9. The van der Waals surface area contributed by atoms with Crippen molar-refractivity contribution in [3.8, 4) is 0 Å². The van der Waals surface area contributed by atoms with E-state index in [4.69, 9.17) is 9.47 Å². The zero-order valence-electron chi connectivity index (χ0n) is 15.4. The van der Waals surface area contributed by atoms with Gasteiger partial charge in [-0.05, 0) is 19.3 Å². The summed E-state index contributed by atoms with van der Waals surface area (Å²) >= 11 is 0. The second kappa shape index (κ2) is 7.40. The lowest BCUT2D eigenvalue weighted by atomic mass is 10.1. The number of anilines is 2. The van der Waals surface area contributed by atoms with Crippen LogP contribution in [0.15, 0.2) is 25.0 Å². The van der Waals surface area contributed by atoms with E-state index in [1.807, 2.05) is 4.68 Å². The van der Waals surface area contributed by atoms with Crippen molar-refractivity contribution in [3.63, 3.8) is 0 Å². The molecular formula is C18H25N7O2. The molecule has 0 saturated carbocycles. The van der Waals surface area contributed by atoms with Crippen molar-refractivity contribution < 1.29 is 9.47 Å². The van der Waals surface area contributed by atoms with E-state index in [9.17, 15) is 0 Å². The summed E-state index contributed by atoms with van der Waals surface area (Å²) in [5.41, 5.74) is 0. The van der Waals surface area contributed by atoms with Gasteiger partial charge in [-0.25, -0.2) is 19.6 Å². The predicted octanol–water partition coefficient (Wildman–Crippen LogP) is 0.904. The zero-order valence-corrected chi connectivity index (χ0v) is 15.4. The van der Waals surface area contributed by atoms with Crippen LogP contribution < -0.4 is 9.80 Å². The molecule has 3 saturated heterocycles. The average molecular weight is 371 g/mol. The van der Waals surface area contributed by atoms with E-state index in [1.54, 1.807) is 19.0 Å². The number of nitrogens with zero attached hydrogens (tertiary/aromatic N) is 7. The minimum absolute atomic E-state index is 0.0481. The number of aromatic nitrogens is 5. The lowest BCUT2D eigenvalue weighted by Gasteiger charge is -2.28. The Hall–Kier alpha value is -2.26. The summed E-state index contributed by atoms with van der Waals surface area (Å²) < 4.78 is 14.1. The fourth-order valence-electron chi connectivity index (χ4n) is 4.13. The zero-order chi connectivity index (χ0) is 18.1. The topological polar surface area (TPSA) is 81.4 Å². The fraction of sp³-hybridized carbons (Fsp3) is 0.667. The molecule has 0 spiro atoms. The van der Waals surface area contributed by atoms with Gasteiger partial charge in [-0.3, -0.25) is 0 Å². The molecule has 0 aliphatic carbocycles. The van der Waals surface area contributed by atoms with Crippen LogP contribution in [0.3, 0.4) is 0 Å². The summed E-state index contributed by atoms with van der Waals surface area (Å²) in [7, 11) is 0. The van der Waals surface area contributed by atoms with Crippen molar-refractivity contribution in [3.05, 3.63) is 25.0 Å². The molecule has 0 radical (unpaired) electrons. The molecule has 9 nitrogen and oxygen atoms in total. The first-order valence-electron chi connectivity index (χ1n) is 9.76. The largest absolute Gasteiger partial charge is 0.371 e. The Balaban J connectivity index is 1.25. The van der Waals surface area contributed by atoms with Crippen molar-refractivity contribution >= 4 is 11.6 Å². The summed E-state index contributed by atoms with van der Waals surface area (Å²) in [6.45, 7) is 4.90. The van der Waals surface area contributed by atoms with Gasteiger partial charge in [-0.15, -0.1) is 0 Å². The normalized spacial score (nSPS) is 26.8. The summed E-state index contributed by atoms with van der Waals surface area (Å²) in [4.78, 5) is 17.6. The van der Waals surface area contributed by atoms with Gasteiger partial charge in [-0.2, -0.15) is 5.10 Å². The van der Waals surface area contributed by atoms with Gasteiger partial charge in [0.15, 0.2) is 0 Å². The number of rotatable bonds is 3. The number of piperidine rings is 1. The molecule has 5 heterocycles. The Morgan fingerprint density at radius 2 is 1.56 bits per heavy atom. The second-order valence-electron chi connectivity index (χ2n) is 7.46. The van der Waals surface area contributed by atoms with E-state index in [1.165, 1.54) is 19.3 Å².